The van der Waals surface area contributed by atoms with Crippen LogP contribution in [-0.2, 0) is 16.4 Å². The lowest BCUT2D eigenvalue weighted by molar-refractivity contribution is 0.140. The summed E-state index contributed by atoms with van der Waals surface area (Å²) in [5, 5.41) is 0. The highest BCUT2D eigenvalue weighted by Gasteiger charge is 2.24. The Hall–Kier alpha value is -1.85. The van der Waals surface area contributed by atoms with Crippen molar-refractivity contribution in [2.24, 2.45) is 0 Å². The number of hydrogen-bond acceptors (Lipinski definition) is 4. The molecule has 25 heavy (non-hydrogen) atoms. The molecule has 0 aromatic heterocycles. The summed E-state index contributed by atoms with van der Waals surface area (Å²) in [4.78, 5) is 2.85. The van der Waals surface area contributed by atoms with Gasteiger partial charge in [-0.1, -0.05) is 30.7 Å². The second kappa shape index (κ2) is 7.58. The van der Waals surface area contributed by atoms with E-state index in [0.717, 1.165) is 30.8 Å². The van der Waals surface area contributed by atoms with Crippen LogP contribution < -0.4 is 4.74 Å². The van der Waals surface area contributed by atoms with Crippen LogP contribution in [0, 0.1) is 0 Å². The van der Waals surface area contributed by atoms with Crippen LogP contribution >= 0.6 is 0 Å². The summed E-state index contributed by atoms with van der Waals surface area (Å²) in [5.41, 5.74) is 2.43. The molecule has 1 unspecified atom stereocenters. The van der Waals surface area contributed by atoms with Crippen LogP contribution in [-0.4, -0.2) is 33.2 Å². The zero-order chi connectivity index (χ0) is 17.9. The van der Waals surface area contributed by atoms with Crippen molar-refractivity contribution in [3.8, 4) is 5.75 Å². The van der Waals surface area contributed by atoms with E-state index in [4.69, 9.17) is 4.74 Å². The molecule has 0 radical (unpaired) electrons. The van der Waals surface area contributed by atoms with Crippen molar-refractivity contribution in [1.29, 1.82) is 0 Å². The first kappa shape index (κ1) is 18.0. The van der Waals surface area contributed by atoms with Gasteiger partial charge in [0.15, 0.2) is 9.84 Å². The fraction of sp³-hybridized carbons (Fsp3) is 0.400. The standard InChI is InChI=1S/C20H25NO3S/c1-24-18-7-5-6-17(14-18)20-8-3-4-13-21(20)15-16-9-11-19(12-10-16)25(2,22)23/h5-7,9-12,14,20H,3-4,8,13,15H2,1-2H3. The summed E-state index contributed by atoms with van der Waals surface area (Å²) in [6.07, 6.45) is 4.80. The molecule has 1 atom stereocenters. The lowest BCUT2D eigenvalue weighted by Crippen LogP contribution is -2.32. The molecule has 1 aliphatic heterocycles. The van der Waals surface area contributed by atoms with Crippen molar-refractivity contribution in [3.05, 3.63) is 59.7 Å². The monoisotopic (exact) mass is 359 g/mol. The average Bonchev–Trinajstić information content (AvgIpc) is 2.62. The fourth-order valence-electron chi connectivity index (χ4n) is 3.48. The van der Waals surface area contributed by atoms with Crippen molar-refractivity contribution in [1.82, 2.24) is 4.90 Å². The van der Waals surface area contributed by atoms with Gasteiger partial charge in [-0.15, -0.1) is 0 Å². The highest BCUT2D eigenvalue weighted by atomic mass is 32.2. The molecule has 3 rings (SSSR count). The summed E-state index contributed by atoms with van der Waals surface area (Å²) in [6, 6.07) is 15.9. The van der Waals surface area contributed by atoms with Gasteiger partial charge in [-0.2, -0.15) is 0 Å². The van der Waals surface area contributed by atoms with E-state index >= 15 is 0 Å². The molecule has 1 fully saturated rings. The van der Waals surface area contributed by atoms with Gasteiger partial charge >= 0.3 is 0 Å². The molecule has 0 bridgehead atoms. The largest absolute Gasteiger partial charge is 0.497 e. The molecule has 1 saturated heterocycles. The van der Waals surface area contributed by atoms with E-state index in [9.17, 15) is 8.42 Å². The SMILES string of the molecule is COc1cccc(C2CCCCN2Cc2ccc(S(C)(=O)=O)cc2)c1. The van der Waals surface area contributed by atoms with Crippen LogP contribution in [0.4, 0.5) is 0 Å². The van der Waals surface area contributed by atoms with Crippen molar-refractivity contribution < 1.29 is 13.2 Å². The van der Waals surface area contributed by atoms with Crippen LogP contribution in [0.25, 0.3) is 0 Å². The summed E-state index contributed by atoms with van der Waals surface area (Å²) < 4.78 is 28.6. The molecule has 2 aromatic carbocycles. The minimum Gasteiger partial charge on any atom is -0.497 e. The molecule has 0 saturated carbocycles. The highest BCUT2D eigenvalue weighted by Crippen LogP contribution is 2.33. The number of likely N-dealkylation sites (tertiary alicyclic amines) is 1. The van der Waals surface area contributed by atoms with Crippen molar-refractivity contribution in [3.63, 3.8) is 0 Å². The van der Waals surface area contributed by atoms with E-state index < -0.39 is 9.84 Å². The van der Waals surface area contributed by atoms with Gasteiger partial charge in [-0.3, -0.25) is 4.90 Å². The van der Waals surface area contributed by atoms with Crippen molar-refractivity contribution in [2.75, 3.05) is 19.9 Å². The Morgan fingerprint density at radius 2 is 1.88 bits per heavy atom. The van der Waals surface area contributed by atoms with Gasteiger partial charge in [0, 0.05) is 18.8 Å². The zero-order valence-corrected chi connectivity index (χ0v) is 15.6. The molecule has 134 valence electrons. The number of benzene rings is 2. The lowest BCUT2D eigenvalue weighted by atomic mass is 9.94. The first-order valence-corrected chi connectivity index (χ1v) is 10.5. The molecule has 1 aliphatic rings. The zero-order valence-electron chi connectivity index (χ0n) is 14.8. The summed E-state index contributed by atoms with van der Waals surface area (Å²) >= 11 is 0. The van der Waals surface area contributed by atoms with Crippen LogP contribution in [0.5, 0.6) is 5.75 Å². The number of nitrogens with zero attached hydrogens (tertiary/aromatic N) is 1. The quantitative estimate of drug-likeness (QED) is 0.814. The predicted molar refractivity (Wildman–Crippen MR) is 99.5 cm³/mol. The smallest absolute Gasteiger partial charge is 0.175 e. The van der Waals surface area contributed by atoms with Gasteiger partial charge in [0.25, 0.3) is 0 Å². The average molecular weight is 359 g/mol. The van der Waals surface area contributed by atoms with E-state index in [1.807, 2.05) is 24.3 Å². The van der Waals surface area contributed by atoms with Gasteiger partial charge in [0.1, 0.15) is 5.75 Å². The van der Waals surface area contributed by atoms with Crippen molar-refractivity contribution in [2.45, 2.75) is 36.7 Å². The van der Waals surface area contributed by atoms with Crippen LogP contribution in [0.1, 0.15) is 36.4 Å². The third-order valence-electron chi connectivity index (χ3n) is 4.83. The van der Waals surface area contributed by atoms with Gasteiger partial charge in [0.05, 0.1) is 12.0 Å². The first-order chi connectivity index (χ1) is 12.0. The minimum atomic E-state index is -3.14. The molecule has 0 N–H and O–H groups in total. The fourth-order valence-corrected chi connectivity index (χ4v) is 4.11. The third-order valence-corrected chi connectivity index (χ3v) is 5.96. The molecule has 2 aromatic rings. The topological polar surface area (TPSA) is 46.6 Å². The Labute approximate surface area is 150 Å². The number of piperidine rings is 1. The molecule has 1 heterocycles. The maximum Gasteiger partial charge on any atom is 0.175 e. The summed E-state index contributed by atoms with van der Waals surface area (Å²) in [7, 11) is -1.45. The van der Waals surface area contributed by atoms with Gasteiger partial charge in [-0.05, 0) is 54.8 Å². The summed E-state index contributed by atoms with van der Waals surface area (Å²) in [5.74, 6) is 0.889. The Balaban J connectivity index is 1.79. The van der Waals surface area contributed by atoms with Crippen LogP contribution in [0.3, 0.4) is 0 Å². The number of sulfone groups is 1. The molecular formula is C20H25NO3S. The molecular weight excluding hydrogens is 334 g/mol. The number of methoxy groups -OCH3 is 1. The number of hydrogen-bond donors (Lipinski definition) is 0. The minimum absolute atomic E-state index is 0.374. The molecule has 0 spiro atoms. The third kappa shape index (κ3) is 4.41. The van der Waals surface area contributed by atoms with Crippen molar-refractivity contribution >= 4 is 9.84 Å². The molecule has 0 amide bonds. The van der Waals surface area contributed by atoms with Crippen LogP contribution in [0.15, 0.2) is 53.4 Å². The van der Waals surface area contributed by atoms with E-state index in [-0.39, 0.29) is 0 Å². The molecule has 5 heteroatoms. The molecule has 4 nitrogen and oxygen atoms in total. The highest BCUT2D eigenvalue weighted by molar-refractivity contribution is 7.90. The van der Waals surface area contributed by atoms with Gasteiger partial charge < -0.3 is 4.74 Å². The Morgan fingerprint density at radius 3 is 2.56 bits per heavy atom. The predicted octanol–water partition coefficient (Wildman–Crippen LogP) is 3.83. The lowest BCUT2D eigenvalue weighted by Gasteiger charge is -2.36. The Kier molecular flexibility index (Phi) is 5.45. The van der Waals surface area contributed by atoms with E-state index in [2.05, 4.69) is 17.0 Å². The second-order valence-electron chi connectivity index (χ2n) is 6.67. The van der Waals surface area contributed by atoms with E-state index in [1.165, 1.54) is 24.7 Å². The van der Waals surface area contributed by atoms with Gasteiger partial charge in [0.2, 0.25) is 0 Å². The number of rotatable bonds is 5. The second-order valence-corrected chi connectivity index (χ2v) is 8.69. The van der Waals surface area contributed by atoms with E-state index in [0.29, 0.717) is 10.9 Å². The first-order valence-electron chi connectivity index (χ1n) is 8.64. The number of ether oxygens (including phenoxy) is 1. The normalized spacial score (nSPS) is 18.9. The van der Waals surface area contributed by atoms with Gasteiger partial charge in [-0.25, -0.2) is 8.42 Å². The van der Waals surface area contributed by atoms with E-state index in [1.54, 1.807) is 19.2 Å². The maximum absolute atomic E-state index is 11.6. The maximum atomic E-state index is 11.6. The summed E-state index contributed by atoms with van der Waals surface area (Å²) in [6.45, 7) is 1.88. The molecule has 0 aliphatic carbocycles. The Bertz CT molecular complexity index is 815. The Morgan fingerprint density at radius 1 is 1.12 bits per heavy atom. The van der Waals surface area contributed by atoms with Crippen LogP contribution in [0.2, 0.25) is 0 Å².